The molecule has 0 aliphatic carbocycles. The maximum absolute atomic E-state index is 11.4. The molecule has 0 atom stereocenters. The van der Waals surface area contributed by atoms with Crippen LogP contribution in [0.2, 0.25) is 0 Å². The number of hydrogen-bond acceptors (Lipinski definition) is 4. The van der Waals surface area contributed by atoms with Crippen LogP contribution in [0.3, 0.4) is 0 Å². The van der Waals surface area contributed by atoms with Crippen LogP contribution < -0.4 is 9.47 Å². The molecule has 0 bridgehead atoms. The van der Waals surface area contributed by atoms with Crippen LogP contribution in [0.1, 0.15) is 25.8 Å². The average Bonchev–Trinajstić information content (AvgIpc) is 2.65. The van der Waals surface area contributed by atoms with Gasteiger partial charge in [-0.05, 0) is 54.3 Å². The third-order valence-electron chi connectivity index (χ3n) is 3.54. The molecule has 25 heavy (non-hydrogen) atoms. The first kappa shape index (κ1) is 18.6. The average molecular weight is 340 g/mol. The van der Waals surface area contributed by atoms with Crippen LogP contribution >= 0.6 is 0 Å². The highest BCUT2D eigenvalue weighted by Crippen LogP contribution is 2.33. The molecule has 4 heteroatoms. The van der Waals surface area contributed by atoms with Gasteiger partial charge in [0.05, 0.1) is 20.3 Å². The van der Waals surface area contributed by atoms with Gasteiger partial charge in [0.2, 0.25) is 0 Å². The highest BCUT2D eigenvalue weighted by atomic mass is 16.5. The lowest BCUT2D eigenvalue weighted by molar-refractivity contribution is -0.137. The number of rotatable bonds is 8. The van der Waals surface area contributed by atoms with Crippen LogP contribution in [0, 0.1) is 0 Å². The van der Waals surface area contributed by atoms with Crippen molar-refractivity contribution in [1.82, 2.24) is 0 Å². The Morgan fingerprint density at radius 3 is 2.56 bits per heavy atom. The molecule has 0 saturated heterocycles. The van der Waals surface area contributed by atoms with Gasteiger partial charge in [0.15, 0.2) is 11.5 Å². The van der Waals surface area contributed by atoms with Crippen LogP contribution in [0.4, 0.5) is 0 Å². The SMILES string of the molecule is CCCOc1ccc(-c2cccc(/C=C\C(=O)OCC)c2)cc1OC. The van der Waals surface area contributed by atoms with E-state index in [0.29, 0.717) is 19.0 Å². The molecule has 0 fully saturated rings. The second-order valence-electron chi connectivity index (χ2n) is 5.42. The second-order valence-corrected chi connectivity index (χ2v) is 5.42. The van der Waals surface area contributed by atoms with E-state index in [1.165, 1.54) is 6.08 Å². The minimum Gasteiger partial charge on any atom is -0.493 e. The van der Waals surface area contributed by atoms with Crippen LogP contribution in [-0.2, 0) is 9.53 Å². The molecule has 0 heterocycles. The molecule has 0 spiro atoms. The second kappa shape index (κ2) is 9.52. The van der Waals surface area contributed by atoms with Crippen molar-refractivity contribution in [3.8, 4) is 22.6 Å². The summed E-state index contributed by atoms with van der Waals surface area (Å²) in [4.78, 5) is 11.4. The summed E-state index contributed by atoms with van der Waals surface area (Å²) in [7, 11) is 1.64. The van der Waals surface area contributed by atoms with E-state index >= 15 is 0 Å². The lowest BCUT2D eigenvalue weighted by atomic mass is 10.0. The van der Waals surface area contributed by atoms with Crippen LogP contribution in [0.15, 0.2) is 48.5 Å². The van der Waals surface area contributed by atoms with E-state index in [0.717, 1.165) is 28.9 Å². The van der Waals surface area contributed by atoms with Crippen molar-refractivity contribution < 1.29 is 19.0 Å². The standard InChI is InChI=1S/C21H24O4/c1-4-13-25-19-11-10-18(15-20(19)23-3)17-8-6-7-16(14-17)9-12-21(22)24-5-2/h6-12,14-15H,4-5,13H2,1-3H3/b12-9-. The third-order valence-corrected chi connectivity index (χ3v) is 3.54. The van der Waals surface area contributed by atoms with Crippen molar-refractivity contribution in [1.29, 1.82) is 0 Å². The minimum atomic E-state index is -0.341. The molecular formula is C21H24O4. The molecule has 0 aliphatic rings. The molecule has 0 radical (unpaired) electrons. The predicted octanol–water partition coefficient (Wildman–Crippen LogP) is 4.73. The molecule has 0 N–H and O–H groups in total. The highest BCUT2D eigenvalue weighted by molar-refractivity contribution is 5.87. The molecule has 0 aromatic heterocycles. The van der Waals surface area contributed by atoms with E-state index in [1.54, 1.807) is 20.1 Å². The Labute approximate surface area is 149 Å². The summed E-state index contributed by atoms with van der Waals surface area (Å²) < 4.78 is 16.0. The van der Waals surface area contributed by atoms with Crippen molar-refractivity contribution in [3.05, 3.63) is 54.1 Å². The fourth-order valence-corrected chi connectivity index (χ4v) is 2.35. The summed E-state index contributed by atoms with van der Waals surface area (Å²) in [6.07, 6.45) is 4.13. The number of hydrogen-bond donors (Lipinski definition) is 0. The summed E-state index contributed by atoms with van der Waals surface area (Å²) in [5.41, 5.74) is 2.98. The zero-order chi connectivity index (χ0) is 18.1. The van der Waals surface area contributed by atoms with E-state index in [-0.39, 0.29) is 5.97 Å². The Balaban J connectivity index is 2.23. The topological polar surface area (TPSA) is 44.8 Å². The quantitative estimate of drug-likeness (QED) is 0.515. The van der Waals surface area contributed by atoms with Gasteiger partial charge in [0.1, 0.15) is 0 Å². The molecule has 2 aromatic carbocycles. The molecule has 0 amide bonds. The van der Waals surface area contributed by atoms with Gasteiger partial charge in [0.25, 0.3) is 0 Å². The van der Waals surface area contributed by atoms with E-state index in [4.69, 9.17) is 14.2 Å². The highest BCUT2D eigenvalue weighted by Gasteiger charge is 2.07. The number of carbonyl (C=O) groups excluding carboxylic acids is 1. The molecular weight excluding hydrogens is 316 g/mol. The largest absolute Gasteiger partial charge is 0.493 e. The van der Waals surface area contributed by atoms with E-state index < -0.39 is 0 Å². The summed E-state index contributed by atoms with van der Waals surface area (Å²) in [5.74, 6) is 1.11. The Morgan fingerprint density at radius 2 is 1.84 bits per heavy atom. The Kier molecular flexibility index (Phi) is 7.08. The summed E-state index contributed by atoms with van der Waals surface area (Å²) in [5, 5.41) is 0. The van der Waals surface area contributed by atoms with Crippen LogP contribution in [0.5, 0.6) is 11.5 Å². The summed E-state index contributed by atoms with van der Waals surface area (Å²) in [6.45, 7) is 4.88. The van der Waals surface area contributed by atoms with Crippen molar-refractivity contribution >= 4 is 12.0 Å². The smallest absolute Gasteiger partial charge is 0.330 e. The maximum Gasteiger partial charge on any atom is 0.330 e. The van der Waals surface area contributed by atoms with Crippen molar-refractivity contribution in [2.24, 2.45) is 0 Å². The van der Waals surface area contributed by atoms with Crippen molar-refractivity contribution in [2.75, 3.05) is 20.3 Å². The van der Waals surface area contributed by atoms with Crippen LogP contribution in [-0.4, -0.2) is 26.3 Å². The fraction of sp³-hybridized carbons (Fsp3) is 0.286. The molecule has 2 rings (SSSR count). The molecule has 0 unspecified atom stereocenters. The Hall–Kier alpha value is -2.75. The number of benzene rings is 2. The summed E-state index contributed by atoms with van der Waals surface area (Å²) in [6, 6.07) is 13.8. The van der Waals surface area contributed by atoms with E-state index in [2.05, 4.69) is 6.92 Å². The Morgan fingerprint density at radius 1 is 1.04 bits per heavy atom. The van der Waals surface area contributed by atoms with Crippen molar-refractivity contribution in [2.45, 2.75) is 20.3 Å². The first-order chi connectivity index (χ1) is 12.2. The normalized spacial score (nSPS) is 10.7. The first-order valence-corrected chi connectivity index (χ1v) is 8.44. The molecule has 0 aliphatic heterocycles. The Bertz CT molecular complexity index is 734. The minimum absolute atomic E-state index is 0.341. The van der Waals surface area contributed by atoms with Gasteiger partial charge >= 0.3 is 5.97 Å². The number of ether oxygens (including phenoxy) is 3. The fourth-order valence-electron chi connectivity index (χ4n) is 2.35. The van der Waals surface area contributed by atoms with Gasteiger partial charge in [0, 0.05) is 6.08 Å². The first-order valence-electron chi connectivity index (χ1n) is 8.44. The van der Waals surface area contributed by atoms with Crippen molar-refractivity contribution in [3.63, 3.8) is 0 Å². The third kappa shape index (κ3) is 5.38. The molecule has 2 aromatic rings. The van der Waals surface area contributed by atoms with Gasteiger partial charge in [-0.15, -0.1) is 0 Å². The monoisotopic (exact) mass is 340 g/mol. The zero-order valence-corrected chi connectivity index (χ0v) is 15.0. The number of esters is 1. The predicted molar refractivity (Wildman–Crippen MR) is 99.9 cm³/mol. The van der Waals surface area contributed by atoms with Gasteiger partial charge in [-0.25, -0.2) is 4.79 Å². The summed E-state index contributed by atoms with van der Waals surface area (Å²) >= 11 is 0. The molecule has 132 valence electrons. The number of carbonyl (C=O) groups is 1. The lowest BCUT2D eigenvalue weighted by Gasteiger charge is -2.12. The lowest BCUT2D eigenvalue weighted by Crippen LogP contribution is -1.98. The molecule has 4 nitrogen and oxygen atoms in total. The van der Waals surface area contributed by atoms with E-state index in [1.807, 2.05) is 42.5 Å². The van der Waals surface area contributed by atoms with E-state index in [9.17, 15) is 4.79 Å². The van der Waals surface area contributed by atoms with Gasteiger partial charge < -0.3 is 14.2 Å². The molecule has 0 saturated carbocycles. The zero-order valence-electron chi connectivity index (χ0n) is 15.0. The maximum atomic E-state index is 11.4. The van der Waals surface area contributed by atoms with Gasteiger partial charge in [-0.3, -0.25) is 0 Å². The number of methoxy groups -OCH3 is 1. The van der Waals surface area contributed by atoms with Crippen LogP contribution in [0.25, 0.3) is 17.2 Å². The van der Waals surface area contributed by atoms with Gasteiger partial charge in [-0.1, -0.05) is 31.2 Å². The van der Waals surface area contributed by atoms with Gasteiger partial charge in [-0.2, -0.15) is 0 Å².